The van der Waals surface area contributed by atoms with Crippen LogP contribution in [0.2, 0.25) is 0 Å². The van der Waals surface area contributed by atoms with E-state index < -0.39 is 11.1 Å². The third-order valence-electron chi connectivity index (χ3n) is 1.17. The molecule has 60 valence electrons. The zero-order valence-electron chi connectivity index (χ0n) is 6.90. The van der Waals surface area contributed by atoms with E-state index in [0.29, 0.717) is 0 Å². The minimum absolute atomic E-state index is 0. The molecule has 0 saturated carbocycles. The number of pyridine rings is 1. The molecule has 1 aromatic rings. The predicted octanol–water partition coefficient (Wildman–Crippen LogP) is -2.79. The van der Waals surface area contributed by atoms with Crippen molar-refractivity contribution in [3.63, 3.8) is 0 Å². The molecule has 0 bridgehead atoms. The van der Waals surface area contributed by atoms with E-state index in [-0.39, 0.29) is 40.3 Å². The summed E-state index contributed by atoms with van der Waals surface area (Å²) in [5, 5.41) is -0.0874. The van der Waals surface area contributed by atoms with E-state index in [1.54, 1.807) is 13.0 Å². The van der Waals surface area contributed by atoms with Gasteiger partial charge in [0.25, 0.3) is 0 Å². The Bertz CT molecular complexity index is 306. The van der Waals surface area contributed by atoms with Crippen LogP contribution in [-0.4, -0.2) is 13.7 Å². The molecular formula is C6H7N2NaO2S. The maximum absolute atomic E-state index is 10.4. The van der Waals surface area contributed by atoms with E-state index >= 15 is 0 Å². The van der Waals surface area contributed by atoms with Crippen molar-refractivity contribution in [2.24, 2.45) is 0 Å². The van der Waals surface area contributed by atoms with Crippen molar-refractivity contribution in [2.75, 3.05) is 5.73 Å². The molecule has 1 aromatic heterocycles. The summed E-state index contributed by atoms with van der Waals surface area (Å²) >= 11 is -2.33. The van der Waals surface area contributed by atoms with Gasteiger partial charge in [0.1, 0.15) is 5.03 Å². The normalized spacial score (nSPS) is 11.8. The fourth-order valence-corrected chi connectivity index (χ4v) is 1.11. The maximum Gasteiger partial charge on any atom is 1.00 e. The molecule has 6 heteroatoms. The van der Waals surface area contributed by atoms with Gasteiger partial charge in [-0.05, 0) is 29.6 Å². The molecule has 2 N–H and O–H groups in total. The van der Waals surface area contributed by atoms with E-state index in [9.17, 15) is 8.76 Å². The molecule has 0 spiro atoms. The second-order valence-corrected chi connectivity index (χ2v) is 3.00. The van der Waals surface area contributed by atoms with Crippen LogP contribution in [0, 0.1) is 6.92 Å². The Hall–Kier alpha value is 0.0600. The molecule has 0 fully saturated rings. The Kier molecular flexibility index (Phi) is 4.96. The topological polar surface area (TPSA) is 79.0 Å². The van der Waals surface area contributed by atoms with Crippen LogP contribution in [0.5, 0.6) is 0 Å². The number of anilines is 1. The number of aryl methyl sites for hydroxylation is 1. The molecule has 0 aliphatic rings. The number of rotatable bonds is 1. The molecule has 1 unspecified atom stereocenters. The van der Waals surface area contributed by atoms with Crippen molar-refractivity contribution >= 4 is 16.8 Å². The molecule has 1 rings (SSSR count). The number of hydrogen-bond donors (Lipinski definition) is 1. The summed E-state index contributed by atoms with van der Waals surface area (Å²) < 4.78 is 20.8. The van der Waals surface area contributed by atoms with Crippen LogP contribution < -0.4 is 35.3 Å². The SMILES string of the molecule is Cc1cnc(S(=O)[O-])c(N)c1.[Na+]. The van der Waals surface area contributed by atoms with Crippen molar-refractivity contribution in [1.82, 2.24) is 4.98 Å². The van der Waals surface area contributed by atoms with Crippen LogP contribution in [0.1, 0.15) is 5.56 Å². The molecule has 0 radical (unpaired) electrons. The zero-order valence-corrected chi connectivity index (χ0v) is 9.72. The first kappa shape index (κ1) is 12.1. The summed E-state index contributed by atoms with van der Waals surface area (Å²) in [6.07, 6.45) is 1.46. The molecule has 0 amide bonds. The van der Waals surface area contributed by atoms with Crippen LogP contribution in [0.3, 0.4) is 0 Å². The molecule has 0 aliphatic heterocycles. The minimum Gasteiger partial charge on any atom is -0.767 e. The number of hydrogen-bond acceptors (Lipinski definition) is 4. The van der Waals surface area contributed by atoms with Crippen LogP contribution in [0.15, 0.2) is 17.3 Å². The number of aromatic nitrogens is 1. The van der Waals surface area contributed by atoms with Gasteiger partial charge in [-0.15, -0.1) is 0 Å². The molecular weight excluding hydrogens is 187 g/mol. The van der Waals surface area contributed by atoms with Gasteiger partial charge in [-0.2, -0.15) is 0 Å². The summed E-state index contributed by atoms with van der Waals surface area (Å²) in [7, 11) is 0. The van der Waals surface area contributed by atoms with Gasteiger partial charge >= 0.3 is 29.6 Å². The number of nitrogens with zero attached hydrogens (tertiary/aromatic N) is 1. The summed E-state index contributed by atoms with van der Waals surface area (Å²) in [5.41, 5.74) is 6.40. The Morgan fingerprint density at radius 1 is 1.67 bits per heavy atom. The summed E-state index contributed by atoms with van der Waals surface area (Å²) in [6, 6.07) is 1.57. The Morgan fingerprint density at radius 2 is 2.25 bits per heavy atom. The largest absolute Gasteiger partial charge is 1.00 e. The first-order chi connectivity index (χ1) is 5.11. The molecule has 0 saturated heterocycles. The van der Waals surface area contributed by atoms with Crippen LogP contribution in [0.25, 0.3) is 0 Å². The van der Waals surface area contributed by atoms with Crippen LogP contribution >= 0.6 is 0 Å². The van der Waals surface area contributed by atoms with E-state index in [2.05, 4.69) is 4.98 Å². The molecule has 1 heterocycles. The fourth-order valence-electron chi connectivity index (χ4n) is 0.719. The fraction of sp³-hybridized carbons (Fsp3) is 0.167. The Labute approximate surface area is 95.1 Å². The third-order valence-corrected chi connectivity index (χ3v) is 1.83. The first-order valence-corrected chi connectivity index (χ1v) is 4.00. The van der Waals surface area contributed by atoms with Crippen molar-refractivity contribution < 1.29 is 38.3 Å². The van der Waals surface area contributed by atoms with E-state index in [4.69, 9.17) is 5.73 Å². The van der Waals surface area contributed by atoms with Gasteiger partial charge in [0.2, 0.25) is 0 Å². The molecule has 4 nitrogen and oxygen atoms in total. The van der Waals surface area contributed by atoms with Crippen molar-refractivity contribution in [1.29, 1.82) is 0 Å². The standard InChI is InChI=1S/C6H8N2O2S.Na/c1-4-2-5(7)6(8-3-4)11(9)10;/h2-3H,7H2,1H3,(H,9,10);/q;+1/p-1. The van der Waals surface area contributed by atoms with E-state index in [1.165, 1.54) is 6.20 Å². The van der Waals surface area contributed by atoms with Gasteiger partial charge in [0.15, 0.2) is 0 Å². The molecule has 0 aliphatic carbocycles. The quantitative estimate of drug-likeness (QED) is 0.387. The number of nitrogens with two attached hydrogens (primary N) is 1. The van der Waals surface area contributed by atoms with Gasteiger partial charge in [-0.3, -0.25) is 4.21 Å². The second-order valence-electron chi connectivity index (χ2n) is 2.14. The van der Waals surface area contributed by atoms with Crippen LogP contribution in [0.4, 0.5) is 5.69 Å². The maximum atomic E-state index is 10.4. The summed E-state index contributed by atoms with van der Waals surface area (Å²) in [4.78, 5) is 3.64. The van der Waals surface area contributed by atoms with Crippen molar-refractivity contribution in [3.8, 4) is 0 Å². The van der Waals surface area contributed by atoms with Gasteiger partial charge in [-0.1, -0.05) is 0 Å². The zero-order chi connectivity index (χ0) is 8.43. The first-order valence-electron chi connectivity index (χ1n) is 2.92. The summed E-state index contributed by atoms with van der Waals surface area (Å²) in [5.74, 6) is 0. The minimum atomic E-state index is -2.33. The van der Waals surface area contributed by atoms with Gasteiger partial charge in [0, 0.05) is 6.20 Å². The molecule has 1 atom stereocenters. The van der Waals surface area contributed by atoms with E-state index in [1.807, 2.05) is 0 Å². The average Bonchev–Trinajstić information content (AvgIpc) is 1.85. The van der Waals surface area contributed by atoms with Crippen LogP contribution in [-0.2, 0) is 11.1 Å². The van der Waals surface area contributed by atoms with Gasteiger partial charge in [-0.25, -0.2) is 4.98 Å². The smallest absolute Gasteiger partial charge is 0.767 e. The molecule has 12 heavy (non-hydrogen) atoms. The summed E-state index contributed by atoms with van der Waals surface area (Å²) in [6.45, 7) is 1.79. The Balaban J connectivity index is 0.00000121. The van der Waals surface area contributed by atoms with Crippen molar-refractivity contribution in [3.05, 3.63) is 17.8 Å². The second kappa shape index (κ2) is 4.94. The molecule has 0 aromatic carbocycles. The average molecular weight is 194 g/mol. The monoisotopic (exact) mass is 194 g/mol. The predicted molar refractivity (Wildman–Crippen MR) is 40.6 cm³/mol. The Morgan fingerprint density at radius 3 is 2.67 bits per heavy atom. The van der Waals surface area contributed by atoms with Gasteiger partial charge < -0.3 is 10.3 Å². The number of nitrogen functional groups attached to an aromatic ring is 1. The third kappa shape index (κ3) is 2.84. The van der Waals surface area contributed by atoms with Crippen molar-refractivity contribution in [2.45, 2.75) is 11.9 Å². The van der Waals surface area contributed by atoms with Gasteiger partial charge in [0.05, 0.1) is 5.69 Å². The van der Waals surface area contributed by atoms with E-state index in [0.717, 1.165) is 5.56 Å².